The zero-order valence-electron chi connectivity index (χ0n) is 21.1. The lowest BCUT2D eigenvalue weighted by Gasteiger charge is -2.21. The third-order valence-electron chi connectivity index (χ3n) is 5.77. The number of carbonyl (C=O) groups excluding carboxylic acids is 1. The Bertz CT molecular complexity index is 1710. The number of alkyl halides is 3. The molecule has 1 N–H and O–H groups in total. The Hall–Kier alpha value is -4.37. The zero-order chi connectivity index (χ0) is 29.6. The molecule has 1 heterocycles. The van der Waals surface area contributed by atoms with Gasteiger partial charge in [-0.1, -0.05) is 48.0 Å². The number of nitrogens with zero attached hydrogens (tertiary/aromatic N) is 2. The lowest BCUT2D eigenvalue weighted by Crippen LogP contribution is -2.30. The second kappa shape index (κ2) is 12.4. The molecular weight excluding hydrogens is 579 g/mol. The van der Waals surface area contributed by atoms with Gasteiger partial charge in [-0.15, -0.1) is 0 Å². The molecule has 0 unspecified atom stereocenters. The maximum Gasteiger partial charge on any atom is 0.416 e. The van der Waals surface area contributed by atoms with Crippen LogP contribution in [0.1, 0.15) is 22.6 Å². The predicted molar refractivity (Wildman–Crippen MR) is 147 cm³/mol. The van der Waals surface area contributed by atoms with Crippen molar-refractivity contribution in [2.24, 2.45) is 0 Å². The number of carbonyl (C=O) groups is 1. The number of hydrogen-bond donors (Lipinski definition) is 1. The number of furan rings is 1. The SMILES string of the molecule is N#C/C(=C/c1ccc(CN(Cc2ccccc2)S(=O)(=O)c2ccc(Cl)cc2)o1)C(=O)Nc1cccc(C(F)(F)F)c1. The molecule has 0 saturated heterocycles. The molecule has 7 nitrogen and oxygen atoms in total. The number of benzene rings is 3. The van der Waals surface area contributed by atoms with Crippen LogP contribution in [0.4, 0.5) is 18.9 Å². The Balaban J connectivity index is 1.56. The Labute approximate surface area is 239 Å². The van der Waals surface area contributed by atoms with Crippen LogP contribution in [0, 0.1) is 11.3 Å². The fourth-order valence-corrected chi connectivity index (χ4v) is 5.28. The van der Waals surface area contributed by atoms with Crippen LogP contribution in [-0.4, -0.2) is 18.6 Å². The quantitative estimate of drug-likeness (QED) is 0.167. The van der Waals surface area contributed by atoms with Gasteiger partial charge in [0, 0.05) is 23.3 Å². The minimum absolute atomic E-state index is 0.0283. The Kier molecular flexibility index (Phi) is 8.98. The predicted octanol–water partition coefficient (Wildman–Crippen LogP) is 6.89. The fraction of sp³-hybridized carbons (Fsp3) is 0.103. The van der Waals surface area contributed by atoms with Crippen molar-refractivity contribution in [2.75, 3.05) is 5.32 Å². The molecule has 0 fully saturated rings. The highest BCUT2D eigenvalue weighted by atomic mass is 35.5. The second-order valence-corrected chi connectivity index (χ2v) is 11.1. The van der Waals surface area contributed by atoms with Crippen LogP contribution in [-0.2, 0) is 34.1 Å². The van der Waals surface area contributed by atoms with Gasteiger partial charge in [0.05, 0.1) is 17.0 Å². The van der Waals surface area contributed by atoms with E-state index >= 15 is 0 Å². The molecule has 1 amide bonds. The van der Waals surface area contributed by atoms with Gasteiger partial charge in [-0.05, 0) is 60.2 Å². The van der Waals surface area contributed by atoms with Crippen molar-refractivity contribution in [3.05, 3.63) is 124 Å². The van der Waals surface area contributed by atoms with Crippen LogP contribution < -0.4 is 5.32 Å². The maximum absolute atomic E-state index is 13.5. The van der Waals surface area contributed by atoms with E-state index in [9.17, 15) is 31.6 Å². The minimum Gasteiger partial charge on any atom is -0.460 e. The molecule has 0 spiro atoms. The first kappa shape index (κ1) is 29.6. The molecule has 0 aliphatic rings. The van der Waals surface area contributed by atoms with E-state index in [1.54, 1.807) is 30.3 Å². The summed E-state index contributed by atoms with van der Waals surface area (Å²) < 4.78 is 72.9. The number of sulfonamides is 1. The van der Waals surface area contributed by atoms with E-state index in [1.807, 2.05) is 6.07 Å². The highest BCUT2D eigenvalue weighted by Gasteiger charge is 2.30. The molecule has 4 aromatic rings. The molecule has 41 heavy (non-hydrogen) atoms. The van der Waals surface area contributed by atoms with E-state index in [2.05, 4.69) is 5.32 Å². The summed E-state index contributed by atoms with van der Waals surface area (Å²) in [7, 11) is -3.99. The van der Waals surface area contributed by atoms with E-state index < -0.39 is 33.2 Å². The first-order valence-corrected chi connectivity index (χ1v) is 13.8. The molecule has 210 valence electrons. The molecule has 0 bridgehead atoms. The molecule has 0 aliphatic heterocycles. The van der Waals surface area contributed by atoms with Crippen molar-refractivity contribution >= 4 is 39.3 Å². The van der Waals surface area contributed by atoms with Gasteiger partial charge in [-0.2, -0.15) is 22.7 Å². The molecule has 0 saturated carbocycles. The standard InChI is InChI=1S/C29H21ClF3N3O4S/c30-23-9-13-27(14-10-23)41(38,39)36(18-20-5-2-1-3-6-20)19-26-12-11-25(40-26)15-21(17-34)28(37)35-24-8-4-7-22(16-24)29(31,32)33/h1-16H,18-19H2,(H,35,37)/b21-15-. The van der Waals surface area contributed by atoms with Gasteiger partial charge >= 0.3 is 6.18 Å². The van der Waals surface area contributed by atoms with Crippen LogP contribution in [0.15, 0.2) is 106 Å². The Morgan fingerprint density at radius 1 is 0.976 bits per heavy atom. The monoisotopic (exact) mass is 599 g/mol. The summed E-state index contributed by atoms with van der Waals surface area (Å²) in [6, 6.07) is 23.3. The molecule has 12 heteroatoms. The molecule has 3 aromatic carbocycles. The van der Waals surface area contributed by atoms with Crippen molar-refractivity contribution in [1.29, 1.82) is 5.26 Å². The zero-order valence-corrected chi connectivity index (χ0v) is 22.7. The Morgan fingerprint density at radius 3 is 2.34 bits per heavy atom. The summed E-state index contributed by atoms with van der Waals surface area (Å²) in [4.78, 5) is 12.6. The van der Waals surface area contributed by atoms with Gasteiger partial charge < -0.3 is 9.73 Å². The fourth-order valence-electron chi connectivity index (χ4n) is 3.76. The van der Waals surface area contributed by atoms with Crippen LogP contribution >= 0.6 is 11.6 Å². The van der Waals surface area contributed by atoms with E-state index in [0.717, 1.165) is 29.8 Å². The minimum atomic E-state index is -4.60. The van der Waals surface area contributed by atoms with Crippen LogP contribution in [0.3, 0.4) is 0 Å². The Morgan fingerprint density at radius 2 is 1.68 bits per heavy atom. The number of halogens is 4. The van der Waals surface area contributed by atoms with Crippen LogP contribution in [0.2, 0.25) is 5.02 Å². The molecule has 0 aliphatic carbocycles. The lowest BCUT2D eigenvalue weighted by molar-refractivity contribution is -0.137. The average molecular weight is 600 g/mol. The lowest BCUT2D eigenvalue weighted by atomic mass is 10.1. The van der Waals surface area contributed by atoms with Gasteiger partial charge in [0.2, 0.25) is 10.0 Å². The number of anilines is 1. The summed E-state index contributed by atoms with van der Waals surface area (Å²) in [5.74, 6) is -0.652. The van der Waals surface area contributed by atoms with Crippen molar-refractivity contribution in [2.45, 2.75) is 24.2 Å². The normalized spacial score (nSPS) is 12.2. The second-order valence-electron chi connectivity index (χ2n) is 8.72. The van der Waals surface area contributed by atoms with E-state index in [1.165, 1.54) is 46.8 Å². The number of nitriles is 1. The molecule has 1 aromatic heterocycles. The van der Waals surface area contributed by atoms with Crippen molar-refractivity contribution in [1.82, 2.24) is 4.31 Å². The third kappa shape index (κ3) is 7.64. The van der Waals surface area contributed by atoms with Gasteiger partial charge in [0.15, 0.2) is 0 Å². The topological polar surface area (TPSA) is 103 Å². The number of hydrogen-bond acceptors (Lipinski definition) is 5. The number of amides is 1. The first-order chi connectivity index (χ1) is 19.5. The summed E-state index contributed by atoms with van der Waals surface area (Å²) in [5.41, 5.74) is -0.801. The maximum atomic E-state index is 13.5. The van der Waals surface area contributed by atoms with Crippen molar-refractivity contribution < 1.29 is 30.8 Å². The molecule has 0 atom stereocenters. The highest BCUT2D eigenvalue weighted by molar-refractivity contribution is 7.89. The summed E-state index contributed by atoms with van der Waals surface area (Å²) >= 11 is 5.92. The first-order valence-electron chi connectivity index (χ1n) is 11.9. The van der Waals surface area contributed by atoms with E-state index in [0.29, 0.717) is 5.02 Å². The molecule has 4 rings (SSSR count). The average Bonchev–Trinajstić information content (AvgIpc) is 3.38. The van der Waals surface area contributed by atoms with Gasteiger partial charge in [-0.3, -0.25) is 4.79 Å². The van der Waals surface area contributed by atoms with Gasteiger partial charge in [0.25, 0.3) is 5.91 Å². The van der Waals surface area contributed by atoms with Gasteiger partial charge in [-0.25, -0.2) is 8.42 Å². The van der Waals surface area contributed by atoms with E-state index in [4.69, 9.17) is 16.0 Å². The molecular formula is C29H21ClF3N3O4S. The smallest absolute Gasteiger partial charge is 0.416 e. The van der Waals surface area contributed by atoms with Crippen LogP contribution in [0.25, 0.3) is 6.08 Å². The van der Waals surface area contributed by atoms with E-state index in [-0.39, 0.29) is 35.2 Å². The summed E-state index contributed by atoms with van der Waals surface area (Å²) in [6.45, 7) is -0.146. The highest BCUT2D eigenvalue weighted by Crippen LogP contribution is 2.31. The van der Waals surface area contributed by atoms with Gasteiger partial charge in [0.1, 0.15) is 23.2 Å². The third-order valence-corrected chi connectivity index (χ3v) is 7.83. The van der Waals surface area contributed by atoms with Crippen molar-refractivity contribution in [3.63, 3.8) is 0 Å². The summed E-state index contributed by atoms with van der Waals surface area (Å²) in [5, 5.41) is 12.1. The van der Waals surface area contributed by atoms with Crippen LogP contribution in [0.5, 0.6) is 0 Å². The number of rotatable bonds is 9. The number of nitrogens with one attached hydrogen (secondary N) is 1. The summed E-state index contributed by atoms with van der Waals surface area (Å²) in [6.07, 6.45) is -3.49. The molecule has 0 radical (unpaired) electrons. The largest absolute Gasteiger partial charge is 0.460 e. The van der Waals surface area contributed by atoms with Crippen molar-refractivity contribution in [3.8, 4) is 6.07 Å².